The molecule has 0 radical (unpaired) electrons. The van der Waals surface area contributed by atoms with Gasteiger partial charge in [0.15, 0.2) is 11.5 Å². The first-order chi connectivity index (χ1) is 8.54. The van der Waals surface area contributed by atoms with Crippen molar-refractivity contribution in [2.45, 2.75) is 32.1 Å². The Labute approximate surface area is 117 Å². The second kappa shape index (κ2) is 5.49. The summed E-state index contributed by atoms with van der Waals surface area (Å²) in [4.78, 5) is 0. The number of hydrogen-bond donors (Lipinski definition) is 1. The summed E-state index contributed by atoms with van der Waals surface area (Å²) in [5.41, 5.74) is 6.94. The van der Waals surface area contributed by atoms with Gasteiger partial charge in [0.25, 0.3) is 0 Å². The molecule has 0 fully saturated rings. The normalized spacial score (nSPS) is 15.3. The number of halogens is 1. The molecule has 0 spiro atoms. The van der Waals surface area contributed by atoms with Gasteiger partial charge in [0.05, 0.1) is 13.2 Å². The first-order valence-corrected chi connectivity index (χ1v) is 7.13. The molecule has 100 valence electrons. The van der Waals surface area contributed by atoms with Crippen LogP contribution in [0.1, 0.15) is 32.3 Å². The molecule has 0 aliphatic carbocycles. The Morgan fingerprint density at radius 2 is 1.83 bits per heavy atom. The van der Waals surface area contributed by atoms with E-state index in [-0.39, 0.29) is 5.41 Å². The summed E-state index contributed by atoms with van der Waals surface area (Å²) in [6.07, 6.45) is 1.86. The smallest absolute Gasteiger partial charge is 0.162 e. The van der Waals surface area contributed by atoms with E-state index in [1.807, 2.05) is 6.07 Å². The van der Waals surface area contributed by atoms with Gasteiger partial charge in [-0.15, -0.1) is 0 Å². The van der Waals surface area contributed by atoms with Crippen molar-refractivity contribution in [1.29, 1.82) is 0 Å². The highest BCUT2D eigenvalue weighted by Gasteiger charge is 2.25. The Balaban J connectivity index is 2.40. The molecule has 1 aliphatic rings. The SMILES string of the molecule is CC(C)(CCN)c1cc2c(cc1Br)OCCCO2. The van der Waals surface area contributed by atoms with Crippen molar-refractivity contribution in [1.82, 2.24) is 0 Å². The highest BCUT2D eigenvalue weighted by molar-refractivity contribution is 9.10. The molecule has 2 rings (SSSR count). The van der Waals surface area contributed by atoms with Crippen LogP contribution in [0.3, 0.4) is 0 Å². The number of benzene rings is 1. The summed E-state index contributed by atoms with van der Waals surface area (Å²) < 4.78 is 12.5. The fourth-order valence-electron chi connectivity index (χ4n) is 2.20. The number of ether oxygens (including phenoxy) is 2. The second-order valence-electron chi connectivity index (χ2n) is 5.25. The summed E-state index contributed by atoms with van der Waals surface area (Å²) in [5.74, 6) is 1.67. The van der Waals surface area contributed by atoms with Gasteiger partial charge in [-0.25, -0.2) is 0 Å². The van der Waals surface area contributed by atoms with Crippen molar-refractivity contribution in [3.8, 4) is 11.5 Å². The molecular weight excluding hydrogens is 294 g/mol. The molecule has 1 aliphatic heterocycles. The lowest BCUT2D eigenvalue weighted by Gasteiger charge is -2.27. The maximum atomic E-state index is 5.74. The maximum Gasteiger partial charge on any atom is 0.162 e. The van der Waals surface area contributed by atoms with Crippen LogP contribution in [0, 0.1) is 0 Å². The summed E-state index contributed by atoms with van der Waals surface area (Å²) in [6.45, 7) is 6.50. The van der Waals surface area contributed by atoms with Crippen LogP contribution in [0.5, 0.6) is 11.5 Å². The fourth-order valence-corrected chi connectivity index (χ4v) is 3.06. The molecule has 0 bridgehead atoms. The molecule has 1 heterocycles. The average molecular weight is 314 g/mol. The van der Waals surface area contributed by atoms with E-state index in [2.05, 4.69) is 35.8 Å². The highest BCUT2D eigenvalue weighted by atomic mass is 79.9. The third kappa shape index (κ3) is 2.81. The van der Waals surface area contributed by atoms with Gasteiger partial charge in [-0.1, -0.05) is 29.8 Å². The minimum absolute atomic E-state index is 0.0261. The molecule has 0 amide bonds. The van der Waals surface area contributed by atoms with Crippen molar-refractivity contribution in [2.75, 3.05) is 19.8 Å². The van der Waals surface area contributed by atoms with E-state index >= 15 is 0 Å². The molecule has 0 unspecified atom stereocenters. The lowest BCUT2D eigenvalue weighted by molar-refractivity contribution is 0.296. The van der Waals surface area contributed by atoms with E-state index in [0.717, 1.165) is 28.8 Å². The van der Waals surface area contributed by atoms with Crippen LogP contribution in [0.2, 0.25) is 0 Å². The maximum absolute atomic E-state index is 5.74. The highest BCUT2D eigenvalue weighted by Crippen LogP contribution is 2.41. The Kier molecular flexibility index (Phi) is 4.17. The molecule has 18 heavy (non-hydrogen) atoms. The van der Waals surface area contributed by atoms with Gasteiger partial charge in [0, 0.05) is 10.9 Å². The second-order valence-corrected chi connectivity index (χ2v) is 6.11. The number of rotatable bonds is 3. The molecule has 3 nitrogen and oxygen atoms in total. The van der Waals surface area contributed by atoms with Gasteiger partial charge in [-0.05, 0) is 36.1 Å². The zero-order valence-electron chi connectivity index (χ0n) is 11.0. The van der Waals surface area contributed by atoms with E-state index in [0.29, 0.717) is 19.8 Å². The number of nitrogens with two attached hydrogens (primary N) is 1. The van der Waals surface area contributed by atoms with Crippen LogP contribution in [-0.2, 0) is 5.41 Å². The largest absolute Gasteiger partial charge is 0.490 e. The Morgan fingerprint density at radius 3 is 2.44 bits per heavy atom. The Bertz CT molecular complexity index is 432. The van der Waals surface area contributed by atoms with E-state index < -0.39 is 0 Å². The van der Waals surface area contributed by atoms with Crippen molar-refractivity contribution >= 4 is 15.9 Å². The van der Waals surface area contributed by atoms with Crippen LogP contribution >= 0.6 is 15.9 Å². The van der Waals surface area contributed by atoms with Gasteiger partial charge in [-0.3, -0.25) is 0 Å². The van der Waals surface area contributed by atoms with Crippen molar-refractivity contribution in [3.63, 3.8) is 0 Å². The van der Waals surface area contributed by atoms with Crippen molar-refractivity contribution in [2.24, 2.45) is 5.73 Å². The van der Waals surface area contributed by atoms with Crippen molar-refractivity contribution < 1.29 is 9.47 Å². The molecule has 0 aromatic heterocycles. The van der Waals surface area contributed by atoms with Crippen LogP contribution in [-0.4, -0.2) is 19.8 Å². The van der Waals surface area contributed by atoms with Gasteiger partial charge < -0.3 is 15.2 Å². The summed E-state index contributed by atoms with van der Waals surface area (Å²) in [5, 5.41) is 0. The third-order valence-corrected chi connectivity index (χ3v) is 3.99. The predicted molar refractivity (Wildman–Crippen MR) is 76.4 cm³/mol. The first-order valence-electron chi connectivity index (χ1n) is 6.34. The Morgan fingerprint density at radius 1 is 1.22 bits per heavy atom. The lowest BCUT2D eigenvalue weighted by Crippen LogP contribution is -2.22. The summed E-state index contributed by atoms with van der Waals surface area (Å²) in [7, 11) is 0. The van der Waals surface area contributed by atoms with Crippen LogP contribution in [0.25, 0.3) is 0 Å². The van der Waals surface area contributed by atoms with E-state index in [4.69, 9.17) is 15.2 Å². The third-order valence-electron chi connectivity index (χ3n) is 3.34. The van der Waals surface area contributed by atoms with Gasteiger partial charge in [-0.2, -0.15) is 0 Å². The number of fused-ring (bicyclic) bond motifs is 1. The van der Waals surface area contributed by atoms with Crippen LogP contribution < -0.4 is 15.2 Å². The van der Waals surface area contributed by atoms with E-state index in [1.165, 1.54) is 5.56 Å². The molecule has 0 saturated heterocycles. The Hall–Kier alpha value is -0.740. The quantitative estimate of drug-likeness (QED) is 0.931. The molecule has 1 aromatic rings. The van der Waals surface area contributed by atoms with E-state index in [1.54, 1.807) is 0 Å². The summed E-state index contributed by atoms with van der Waals surface area (Å²) >= 11 is 3.63. The molecular formula is C14H20BrNO2. The first kappa shape index (κ1) is 13.7. The molecule has 0 saturated carbocycles. The van der Waals surface area contributed by atoms with Gasteiger partial charge >= 0.3 is 0 Å². The monoisotopic (exact) mass is 313 g/mol. The van der Waals surface area contributed by atoms with Crippen LogP contribution in [0.4, 0.5) is 0 Å². The molecule has 4 heteroatoms. The zero-order chi connectivity index (χ0) is 13.2. The topological polar surface area (TPSA) is 44.5 Å². The lowest BCUT2D eigenvalue weighted by atomic mass is 9.81. The minimum Gasteiger partial charge on any atom is -0.490 e. The average Bonchev–Trinajstić information content (AvgIpc) is 2.52. The van der Waals surface area contributed by atoms with E-state index in [9.17, 15) is 0 Å². The number of hydrogen-bond acceptors (Lipinski definition) is 3. The van der Waals surface area contributed by atoms with Gasteiger partial charge in [0.1, 0.15) is 0 Å². The predicted octanol–water partition coefficient (Wildman–Crippen LogP) is 3.24. The fraction of sp³-hybridized carbons (Fsp3) is 0.571. The molecule has 0 atom stereocenters. The summed E-state index contributed by atoms with van der Waals surface area (Å²) in [6, 6.07) is 4.09. The standard InChI is InChI=1S/C14H20BrNO2/c1-14(2,4-5-16)10-8-12-13(9-11(10)15)18-7-3-6-17-12/h8-9H,3-7,16H2,1-2H3. The van der Waals surface area contributed by atoms with Gasteiger partial charge in [0.2, 0.25) is 0 Å². The molecule has 1 aromatic carbocycles. The zero-order valence-corrected chi connectivity index (χ0v) is 12.5. The minimum atomic E-state index is 0.0261. The van der Waals surface area contributed by atoms with Crippen molar-refractivity contribution in [3.05, 3.63) is 22.2 Å². The molecule has 2 N–H and O–H groups in total. The van der Waals surface area contributed by atoms with Crippen LogP contribution in [0.15, 0.2) is 16.6 Å².